The summed E-state index contributed by atoms with van der Waals surface area (Å²) in [6, 6.07) is 3.80. The van der Waals surface area contributed by atoms with E-state index < -0.39 is 0 Å². The highest BCUT2D eigenvalue weighted by Gasteiger charge is 2.41. The minimum absolute atomic E-state index is 0.0879. The molecule has 1 saturated carbocycles. The van der Waals surface area contributed by atoms with Crippen LogP contribution in [0.15, 0.2) is 36.9 Å². The van der Waals surface area contributed by atoms with Gasteiger partial charge in [0.25, 0.3) is 5.91 Å². The zero-order valence-electron chi connectivity index (χ0n) is 14.7. The third kappa shape index (κ3) is 3.20. The lowest BCUT2D eigenvalue weighted by Crippen LogP contribution is -2.54. The summed E-state index contributed by atoms with van der Waals surface area (Å²) in [6.45, 7) is 0.888. The Morgan fingerprint density at radius 3 is 2.36 bits per heavy atom. The van der Waals surface area contributed by atoms with Gasteiger partial charge < -0.3 is 4.90 Å². The van der Waals surface area contributed by atoms with Gasteiger partial charge in [-0.15, -0.1) is 0 Å². The summed E-state index contributed by atoms with van der Waals surface area (Å²) in [4.78, 5) is 19.5. The molecule has 132 valence electrons. The summed E-state index contributed by atoms with van der Waals surface area (Å²) >= 11 is 0. The summed E-state index contributed by atoms with van der Waals surface area (Å²) in [5, 5.41) is 4.40. The zero-order valence-corrected chi connectivity index (χ0v) is 14.7. The fraction of sp³-hybridized carbons (Fsp3) is 0.550. The molecule has 1 spiro atoms. The molecule has 2 aromatic rings. The predicted octanol–water partition coefficient (Wildman–Crippen LogP) is 3.99. The standard InChI is InChI=1S/C20H26N4O/c25-19(17-15-22-24(16-17)18-7-12-21-13-8-18)23-14-6-5-11-20(23)9-3-1-2-4-10-20/h7-8,12-13,15-16H,1-6,9-11,14H2. The second-order valence-electron chi connectivity index (χ2n) is 7.43. The van der Waals surface area contributed by atoms with Crippen LogP contribution in [-0.2, 0) is 0 Å². The number of likely N-dealkylation sites (tertiary alicyclic amines) is 1. The molecule has 5 heteroatoms. The lowest BCUT2D eigenvalue weighted by atomic mass is 9.80. The Hall–Kier alpha value is -2.17. The number of amides is 1. The van der Waals surface area contributed by atoms with Crippen LogP contribution in [-0.4, -0.2) is 37.7 Å². The maximum atomic E-state index is 13.3. The largest absolute Gasteiger partial charge is 0.333 e. The van der Waals surface area contributed by atoms with E-state index in [9.17, 15) is 4.79 Å². The van der Waals surface area contributed by atoms with Crippen molar-refractivity contribution in [1.29, 1.82) is 0 Å². The molecule has 0 N–H and O–H groups in total. The quantitative estimate of drug-likeness (QED) is 0.832. The van der Waals surface area contributed by atoms with E-state index in [1.54, 1.807) is 23.3 Å². The summed E-state index contributed by atoms with van der Waals surface area (Å²) in [6.07, 6.45) is 18.0. The number of aromatic nitrogens is 3. The SMILES string of the molecule is O=C(c1cnn(-c2ccncc2)c1)N1CCCCC12CCCCCC2. The number of nitrogens with zero attached hydrogens (tertiary/aromatic N) is 4. The molecule has 4 rings (SSSR count). The van der Waals surface area contributed by atoms with Gasteiger partial charge in [-0.3, -0.25) is 9.78 Å². The normalized spacial score (nSPS) is 20.4. The van der Waals surface area contributed by atoms with Crippen molar-refractivity contribution in [3.8, 4) is 5.69 Å². The number of carbonyl (C=O) groups is 1. The second-order valence-corrected chi connectivity index (χ2v) is 7.43. The van der Waals surface area contributed by atoms with Crippen LogP contribution < -0.4 is 0 Å². The van der Waals surface area contributed by atoms with Crippen molar-refractivity contribution < 1.29 is 4.79 Å². The Balaban J connectivity index is 1.59. The van der Waals surface area contributed by atoms with E-state index in [0.717, 1.165) is 37.9 Å². The van der Waals surface area contributed by atoms with Crippen LogP contribution >= 0.6 is 0 Å². The van der Waals surface area contributed by atoms with Gasteiger partial charge in [0.05, 0.1) is 17.4 Å². The molecule has 1 aliphatic heterocycles. The number of piperidine rings is 1. The van der Waals surface area contributed by atoms with Crippen LogP contribution in [0.4, 0.5) is 0 Å². The Kier molecular flexibility index (Phi) is 4.55. The molecule has 2 aromatic heterocycles. The van der Waals surface area contributed by atoms with Crippen molar-refractivity contribution in [2.24, 2.45) is 0 Å². The summed E-state index contributed by atoms with van der Waals surface area (Å²) in [5.41, 5.74) is 1.71. The average molecular weight is 338 g/mol. The molecule has 5 nitrogen and oxygen atoms in total. The van der Waals surface area contributed by atoms with Crippen molar-refractivity contribution in [1.82, 2.24) is 19.7 Å². The smallest absolute Gasteiger partial charge is 0.257 e. The summed E-state index contributed by atoms with van der Waals surface area (Å²) in [7, 11) is 0. The zero-order chi connectivity index (χ0) is 17.1. The molecule has 3 heterocycles. The molecule has 1 aliphatic carbocycles. The van der Waals surface area contributed by atoms with E-state index in [4.69, 9.17) is 0 Å². The molecule has 0 radical (unpaired) electrons. The minimum atomic E-state index is 0.0879. The Bertz CT molecular complexity index is 716. The van der Waals surface area contributed by atoms with Crippen molar-refractivity contribution in [2.45, 2.75) is 63.3 Å². The van der Waals surface area contributed by atoms with Gasteiger partial charge in [-0.1, -0.05) is 25.7 Å². The maximum Gasteiger partial charge on any atom is 0.257 e. The Morgan fingerprint density at radius 2 is 1.64 bits per heavy atom. The highest BCUT2D eigenvalue weighted by atomic mass is 16.2. The number of carbonyl (C=O) groups excluding carboxylic acids is 1. The second kappa shape index (κ2) is 6.98. The molecule has 2 aliphatic rings. The molecule has 1 saturated heterocycles. The molecular formula is C20H26N4O. The topological polar surface area (TPSA) is 51.0 Å². The van der Waals surface area contributed by atoms with E-state index in [2.05, 4.69) is 15.0 Å². The average Bonchev–Trinajstić information content (AvgIpc) is 3.05. The van der Waals surface area contributed by atoms with E-state index in [0.29, 0.717) is 5.56 Å². The first-order valence-corrected chi connectivity index (χ1v) is 9.56. The lowest BCUT2D eigenvalue weighted by molar-refractivity contribution is 0.0248. The highest BCUT2D eigenvalue weighted by Crippen LogP contribution is 2.40. The van der Waals surface area contributed by atoms with Crippen LogP contribution in [0.3, 0.4) is 0 Å². The Labute approximate surface area is 149 Å². The van der Waals surface area contributed by atoms with Crippen molar-refractivity contribution >= 4 is 5.91 Å². The van der Waals surface area contributed by atoms with Crippen LogP contribution in [0.25, 0.3) is 5.69 Å². The minimum Gasteiger partial charge on any atom is -0.333 e. The van der Waals surface area contributed by atoms with E-state index in [1.165, 1.54) is 32.1 Å². The Morgan fingerprint density at radius 1 is 0.960 bits per heavy atom. The number of rotatable bonds is 2. The van der Waals surface area contributed by atoms with Gasteiger partial charge >= 0.3 is 0 Å². The van der Waals surface area contributed by atoms with E-state index >= 15 is 0 Å². The van der Waals surface area contributed by atoms with Crippen LogP contribution in [0.5, 0.6) is 0 Å². The van der Waals surface area contributed by atoms with Crippen LogP contribution in [0.1, 0.15) is 68.1 Å². The van der Waals surface area contributed by atoms with E-state index in [1.807, 2.05) is 18.3 Å². The fourth-order valence-electron chi connectivity index (χ4n) is 4.55. The van der Waals surface area contributed by atoms with Gasteiger partial charge in [0, 0.05) is 30.7 Å². The van der Waals surface area contributed by atoms with Gasteiger partial charge in [0.1, 0.15) is 0 Å². The fourth-order valence-corrected chi connectivity index (χ4v) is 4.55. The molecule has 25 heavy (non-hydrogen) atoms. The van der Waals surface area contributed by atoms with Gasteiger partial charge in [-0.2, -0.15) is 5.10 Å². The molecule has 0 bridgehead atoms. The van der Waals surface area contributed by atoms with Gasteiger partial charge in [-0.05, 0) is 44.2 Å². The third-order valence-corrected chi connectivity index (χ3v) is 5.88. The van der Waals surface area contributed by atoms with Gasteiger partial charge in [0.2, 0.25) is 0 Å². The van der Waals surface area contributed by atoms with Gasteiger partial charge in [0.15, 0.2) is 0 Å². The molecule has 1 amide bonds. The lowest BCUT2D eigenvalue weighted by Gasteiger charge is -2.47. The first-order chi connectivity index (χ1) is 12.3. The van der Waals surface area contributed by atoms with E-state index in [-0.39, 0.29) is 11.4 Å². The first kappa shape index (κ1) is 16.3. The van der Waals surface area contributed by atoms with Crippen molar-refractivity contribution in [3.05, 3.63) is 42.5 Å². The van der Waals surface area contributed by atoms with Crippen LogP contribution in [0.2, 0.25) is 0 Å². The molecule has 0 atom stereocenters. The maximum absolute atomic E-state index is 13.3. The van der Waals surface area contributed by atoms with Crippen molar-refractivity contribution in [2.75, 3.05) is 6.54 Å². The highest BCUT2D eigenvalue weighted by molar-refractivity contribution is 5.94. The summed E-state index contributed by atoms with van der Waals surface area (Å²) < 4.78 is 1.76. The third-order valence-electron chi connectivity index (χ3n) is 5.88. The number of pyridine rings is 1. The summed E-state index contributed by atoms with van der Waals surface area (Å²) in [5.74, 6) is 0.155. The predicted molar refractivity (Wildman–Crippen MR) is 96.7 cm³/mol. The molecule has 2 fully saturated rings. The first-order valence-electron chi connectivity index (χ1n) is 9.56. The van der Waals surface area contributed by atoms with Crippen LogP contribution in [0, 0.1) is 0 Å². The monoisotopic (exact) mass is 338 g/mol. The van der Waals surface area contributed by atoms with Crippen molar-refractivity contribution in [3.63, 3.8) is 0 Å². The molecular weight excluding hydrogens is 312 g/mol. The molecule has 0 unspecified atom stereocenters. The van der Waals surface area contributed by atoms with Gasteiger partial charge in [-0.25, -0.2) is 4.68 Å². The molecule has 0 aromatic carbocycles. The number of hydrogen-bond acceptors (Lipinski definition) is 3. The number of hydrogen-bond donors (Lipinski definition) is 0.